The Balaban J connectivity index is 2.17. The predicted octanol–water partition coefficient (Wildman–Crippen LogP) is 3.26. The molecule has 1 aromatic rings. The number of halogens is 2. The van der Waals surface area contributed by atoms with Gasteiger partial charge in [-0.15, -0.1) is 0 Å². The van der Waals surface area contributed by atoms with Crippen molar-refractivity contribution < 1.29 is 18.7 Å². The van der Waals surface area contributed by atoms with Crippen molar-refractivity contribution in [2.24, 2.45) is 22.7 Å². The smallest absolute Gasteiger partial charge is 0.191 e. The topological polar surface area (TPSA) is 67.8 Å². The van der Waals surface area contributed by atoms with E-state index in [0.717, 1.165) is 31.4 Å². The summed E-state index contributed by atoms with van der Waals surface area (Å²) in [5.74, 6) is -1.37. The van der Waals surface area contributed by atoms with E-state index in [0.29, 0.717) is 11.8 Å². The van der Waals surface area contributed by atoms with E-state index in [9.17, 15) is 8.78 Å². The number of rotatable bonds is 3. The zero-order chi connectivity index (χ0) is 15.6. The molecule has 0 aliphatic heterocycles. The van der Waals surface area contributed by atoms with Gasteiger partial charge in [0.25, 0.3) is 0 Å². The van der Waals surface area contributed by atoms with Crippen molar-refractivity contribution >= 4 is 5.84 Å². The van der Waals surface area contributed by atoms with Gasteiger partial charge in [-0.3, -0.25) is 0 Å². The highest BCUT2D eigenvalue weighted by molar-refractivity contribution is 5.97. The van der Waals surface area contributed by atoms with Crippen LogP contribution in [0.3, 0.4) is 0 Å². The van der Waals surface area contributed by atoms with Crippen LogP contribution in [0, 0.1) is 23.5 Å². The Morgan fingerprint density at radius 1 is 1.24 bits per heavy atom. The molecule has 0 spiro atoms. The van der Waals surface area contributed by atoms with Gasteiger partial charge in [-0.25, -0.2) is 8.78 Å². The largest absolute Gasteiger partial charge is 0.484 e. The van der Waals surface area contributed by atoms with Crippen LogP contribution in [-0.4, -0.2) is 17.1 Å². The minimum Gasteiger partial charge on any atom is -0.484 e. The lowest BCUT2D eigenvalue weighted by molar-refractivity contribution is 0.0927. The maximum absolute atomic E-state index is 14.0. The Kier molecular flexibility index (Phi) is 4.65. The molecular weight excluding hydrogens is 278 g/mol. The highest BCUT2D eigenvalue weighted by Crippen LogP contribution is 2.33. The second kappa shape index (κ2) is 6.28. The Morgan fingerprint density at radius 3 is 2.38 bits per heavy atom. The average molecular weight is 298 g/mol. The van der Waals surface area contributed by atoms with Crippen molar-refractivity contribution in [2.75, 3.05) is 0 Å². The molecule has 1 aliphatic carbocycles. The minimum absolute atomic E-state index is 0.0227. The maximum Gasteiger partial charge on any atom is 0.191 e. The monoisotopic (exact) mass is 298 g/mol. The van der Waals surface area contributed by atoms with Crippen LogP contribution in [-0.2, 0) is 0 Å². The molecule has 0 saturated heterocycles. The van der Waals surface area contributed by atoms with E-state index in [-0.39, 0.29) is 17.5 Å². The van der Waals surface area contributed by atoms with Gasteiger partial charge in [-0.05, 0) is 43.2 Å². The third-order valence-electron chi connectivity index (χ3n) is 4.24. The number of hydrogen-bond acceptors (Lipinski definition) is 3. The minimum atomic E-state index is -0.845. The SMILES string of the molecule is CC1CCC(Oc2c(F)cc(C(N)=NO)cc2F)CC1C. The van der Waals surface area contributed by atoms with Crippen LogP contribution in [0.5, 0.6) is 5.75 Å². The summed E-state index contributed by atoms with van der Waals surface area (Å²) in [7, 11) is 0. The number of amidine groups is 1. The number of nitrogens with two attached hydrogens (primary N) is 1. The number of oxime groups is 1. The first kappa shape index (κ1) is 15.5. The molecule has 1 aliphatic rings. The summed E-state index contributed by atoms with van der Waals surface area (Å²) in [5, 5.41) is 11.3. The summed E-state index contributed by atoms with van der Waals surface area (Å²) in [6.07, 6.45) is 2.36. The molecule has 0 bridgehead atoms. The van der Waals surface area contributed by atoms with Crippen LogP contribution in [0.15, 0.2) is 17.3 Å². The molecule has 3 atom stereocenters. The molecule has 4 nitrogen and oxygen atoms in total. The Labute approximate surface area is 122 Å². The van der Waals surface area contributed by atoms with Gasteiger partial charge in [0.2, 0.25) is 0 Å². The maximum atomic E-state index is 14.0. The Bertz CT molecular complexity index is 525. The van der Waals surface area contributed by atoms with E-state index < -0.39 is 17.4 Å². The molecule has 0 heterocycles. The van der Waals surface area contributed by atoms with Gasteiger partial charge in [-0.1, -0.05) is 19.0 Å². The molecule has 6 heteroatoms. The standard InChI is InChI=1S/C15H20F2N2O2/c1-8-3-4-11(5-9(8)2)21-14-12(16)6-10(7-13(14)17)15(18)19-20/h6-9,11,20H,3-5H2,1-2H3,(H2,18,19). The summed E-state index contributed by atoms with van der Waals surface area (Å²) < 4.78 is 33.5. The fraction of sp³-hybridized carbons (Fsp3) is 0.533. The van der Waals surface area contributed by atoms with Crippen LogP contribution in [0.1, 0.15) is 38.7 Å². The lowest BCUT2D eigenvalue weighted by Crippen LogP contribution is -2.29. The summed E-state index contributed by atoms with van der Waals surface area (Å²) in [6.45, 7) is 4.29. The van der Waals surface area contributed by atoms with Gasteiger partial charge in [-0.2, -0.15) is 0 Å². The van der Waals surface area contributed by atoms with Crippen LogP contribution in [0.4, 0.5) is 8.78 Å². The van der Waals surface area contributed by atoms with Crippen LogP contribution < -0.4 is 10.5 Å². The van der Waals surface area contributed by atoms with E-state index in [1.54, 1.807) is 0 Å². The van der Waals surface area contributed by atoms with E-state index in [1.807, 2.05) is 0 Å². The van der Waals surface area contributed by atoms with Crippen molar-refractivity contribution in [3.8, 4) is 5.75 Å². The lowest BCUT2D eigenvalue weighted by atomic mass is 9.80. The Hall–Kier alpha value is -1.85. The highest BCUT2D eigenvalue weighted by Gasteiger charge is 2.27. The average Bonchev–Trinajstić information content (AvgIpc) is 2.45. The van der Waals surface area contributed by atoms with Gasteiger partial charge in [0.05, 0.1) is 6.10 Å². The van der Waals surface area contributed by atoms with Crippen LogP contribution in [0.2, 0.25) is 0 Å². The molecule has 2 rings (SSSR count). The fourth-order valence-corrected chi connectivity index (χ4v) is 2.65. The zero-order valence-electron chi connectivity index (χ0n) is 12.1. The normalized spacial score (nSPS) is 26.7. The van der Waals surface area contributed by atoms with Crippen molar-refractivity contribution in [1.29, 1.82) is 0 Å². The molecule has 1 fully saturated rings. The fourth-order valence-electron chi connectivity index (χ4n) is 2.65. The van der Waals surface area contributed by atoms with Crippen molar-refractivity contribution in [2.45, 2.75) is 39.2 Å². The molecule has 3 unspecified atom stereocenters. The molecular formula is C15H20F2N2O2. The van der Waals surface area contributed by atoms with Gasteiger partial charge in [0.15, 0.2) is 23.2 Å². The summed E-state index contributed by atoms with van der Waals surface area (Å²) in [5.41, 5.74) is 5.30. The van der Waals surface area contributed by atoms with Crippen molar-refractivity contribution in [1.82, 2.24) is 0 Å². The molecule has 1 aromatic carbocycles. The summed E-state index contributed by atoms with van der Waals surface area (Å²) >= 11 is 0. The second-order valence-corrected chi connectivity index (χ2v) is 5.76. The first-order chi connectivity index (χ1) is 9.92. The third-order valence-corrected chi connectivity index (χ3v) is 4.24. The zero-order valence-corrected chi connectivity index (χ0v) is 12.1. The summed E-state index contributed by atoms with van der Waals surface area (Å²) in [4.78, 5) is 0. The third kappa shape index (κ3) is 3.43. The van der Waals surface area contributed by atoms with Gasteiger partial charge >= 0.3 is 0 Å². The van der Waals surface area contributed by atoms with E-state index >= 15 is 0 Å². The van der Waals surface area contributed by atoms with Crippen LogP contribution in [0.25, 0.3) is 0 Å². The number of nitrogens with zero attached hydrogens (tertiary/aromatic N) is 1. The molecule has 1 saturated carbocycles. The number of benzene rings is 1. The quantitative estimate of drug-likeness (QED) is 0.389. The van der Waals surface area contributed by atoms with Crippen molar-refractivity contribution in [3.63, 3.8) is 0 Å². The molecule has 3 N–H and O–H groups in total. The lowest BCUT2D eigenvalue weighted by Gasteiger charge is -2.32. The second-order valence-electron chi connectivity index (χ2n) is 5.76. The molecule has 0 aromatic heterocycles. The molecule has 21 heavy (non-hydrogen) atoms. The molecule has 116 valence electrons. The van der Waals surface area contributed by atoms with Crippen LogP contribution >= 0.6 is 0 Å². The van der Waals surface area contributed by atoms with Gasteiger partial charge < -0.3 is 15.7 Å². The first-order valence-electron chi connectivity index (χ1n) is 7.06. The predicted molar refractivity (Wildman–Crippen MR) is 75.5 cm³/mol. The molecule has 0 amide bonds. The van der Waals surface area contributed by atoms with Crippen molar-refractivity contribution in [3.05, 3.63) is 29.3 Å². The van der Waals surface area contributed by atoms with E-state index in [1.165, 1.54) is 0 Å². The van der Waals surface area contributed by atoms with E-state index in [2.05, 4.69) is 19.0 Å². The highest BCUT2D eigenvalue weighted by atomic mass is 19.1. The summed E-state index contributed by atoms with van der Waals surface area (Å²) in [6, 6.07) is 2.00. The first-order valence-corrected chi connectivity index (χ1v) is 7.06. The number of hydrogen-bond donors (Lipinski definition) is 2. The van der Waals surface area contributed by atoms with Gasteiger partial charge in [0.1, 0.15) is 0 Å². The number of ether oxygens (including phenoxy) is 1. The molecule has 0 radical (unpaired) electrons. The van der Waals surface area contributed by atoms with E-state index in [4.69, 9.17) is 15.7 Å². The Morgan fingerprint density at radius 2 is 1.86 bits per heavy atom. The van der Waals surface area contributed by atoms with Gasteiger partial charge in [0, 0.05) is 5.56 Å².